The van der Waals surface area contributed by atoms with Gasteiger partial charge in [0.05, 0.1) is 0 Å². The van der Waals surface area contributed by atoms with Crippen LogP contribution in [0.2, 0.25) is 5.02 Å². The molecular weight excluding hydrogens is 326 g/mol. The lowest BCUT2D eigenvalue weighted by Crippen LogP contribution is -2.14. The molecule has 2 nitrogen and oxygen atoms in total. The fraction of sp³-hybridized carbons (Fsp3) is 0.133. The standard InChI is InChI=1S/C15H13BrClNO/c1-9-6-7-11(17)8-14(9)18-15(19)12-4-3-5-13(16)10(12)2/h3-8H,1-2H3,(H,18,19). The van der Waals surface area contributed by atoms with Crippen LogP contribution in [0.1, 0.15) is 21.5 Å². The molecule has 0 heterocycles. The molecule has 0 saturated heterocycles. The second-order valence-corrected chi connectivity index (χ2v) is 5.62. The summed E-state index contributed by atoms with van der Waals surface area (Å²) in [6.45, 7) is 3.84. The van der Waals surface area contributed by atoms with Gasteiger partial charge in [-0.1, -0.05) is 39.7 Å². The molecule has 0 bridgehead atoms. The van der Waals surface area contributed by atoms with Gasteiger partial charge in [0.2, 0.25) is 0 Å². The SMILES string of the molecule is Cc1ccc(Cl)cc1NC(=O)c1cccc(Br)c1C. The molecular formula is C15H13BrClNO. The maximum absolute atomic E-state index is 12.3. The lowest BCUT2D eigenvalue weighted by molar-refractivity contribution is 0.102. The van der Waals surface area contributed by atoms with Gasteiger partial charge in [0, 0.05) is 20.7 Å². The fourth-order valence-electron chi connectivity index (χ4n) is 1.77. The Balaban J connectivity index is 2.31. The van der Waals surface area contributed by atoms with E-state index in [1.807, 2.05) is 32.0 Å². The summed E-state index contributed by atoms with van der Waals surface area (Å²) in [5, 5.41) is 3.49. The van der Waals surface area contributed by atoms with Crippen molar-refractivity contribution in [3.63, 3.8) is 0 Å². The Kier molecular flexibility index (Phi) is 4.27. The van der Waals surface area contributed by atoms with Crippen molar-refractivity contribution in [3.8, 4) is 0 Å². The van der Waals surface area contributed by atoms with E-state index in [1.54, 1.807) is 18.2 Å². The van der Waals surface area contributed by atoms with Crippen molar-refractivity contribution >= 4 is 39.1 Å². The van der Waals surface area contributed by atoms with Gasteiger partial charge in [-0.2, -0.15) is 0 Å². The molecule has 0 fully saturated rings. The predicted molar refractivity (Wildman–Crippen MR) is 83.0 cm³/mol. The van der Waals surface area contributed by atoms with E-state index in [1.165, 1.54) is 0 Å². The molecule has 1 amide bonds. The zero-order valence-corrected chi connectivity index (χ0v) is 13.0. The molecule has 2 aromatic rings. The number of halogens is 2. The molecule has 0 aromatic heterocycles. The van der Waals surface area contributed by atoms with E-state index >= 15 is 0 Å². The van der Waals surface area contributed by atoms with Gasteiger partial charge < -0.3 is 5.32 Å². The number of nitrogens with one attached hydrogen (secondary N) is 1. The zero-order chi connectivity index (χ0) is 14.0. The predicted octanol–water partition coefficient (Wildman–Crippen LogP) is 4.97. The molecule has 4 heteroatoms. The Hall–Kier alpha value is -1.32. The first-order valence-electron chi connectivity index (χ1n) is 5.81. The van der Waals surface area contributed by atoms with Crippen LogP contribution in [0.25, 0.3) is 0 Å². The number of hydrogen-bond acceptors (Lipinski definition) is 1. The summed E-state index contributed by atoms with van der Waals surface area (Å²) < 4.78 is 0.919. The van der Waals surface area contributed by atoms with Crippen LogP contribution in [0.4, 0.5) is 5.69 Å². The molecule has 0 radical (unpaired) electrons. The van der Waals surface area contributed by atoms with E-state index in [4.69, 9.17) is 11.6 Å². The molecule has 0 spiro atoms. The third kappa shape index (κ3) is 3.17. The van der Waals surface area contributed by atoms with E-state index in [0.717, 1.165) is 21.3 Å². The lowest BCUT2D eigenvalue weighted by Gasteiger charge is -2.11. The summed E-state index contributed by atoms with van der Waals surface area (Å²) >= 11 is 9.37. The van der Waals surface area contributed by atoms with Crippen LogP contribution >= 0.6 is 27.5 Å². The highest BCUT2D eigenvalue weighted by Gasteiger charge is 2.12. The van der Waals surface area contributed by atoms with E-state index in [9.17, 15) is 4.79 Å². The smallest absolute Gasteiger partial charge is 0.255 e. The summed E-state index contributed by atoms with van der Waals surface area (Å²) in [5.41, 5.74) is 3.27. The van der Waals surface area contributed by atoms with Crippen LogP contribution in [0.3, 0.4) is 0 Å². The van der Waals surface area contributed by atoms with Crippen molar-refractivity contribution in [2.24, 2.45) is 0 Å². The summed E-state index contributed by atoms with van der Waals surface area (Å²) in [6.07, 6.45) is 0. The topological polar surface area (TPSA) is 29.1 Å². The maximum Gasteiger partial charge on any atom is 0.255 e. The normalized spacial score (nSPS) is 10.3. The molecule has 19 heavy (non-hydrogen) atoms. The number of anilines is 1. The monoisotopic (exact) mass is 337 g/mol. The molecule has 0 aliphatic rings. The van der Waals surface area contributed by atoms with Gasteiger partial charge in [0.1, 0.15) is 0 Å². The van der Waals surface area contributed by atoms with E-state index in [0.29, 0.717) is 10.6 Å². The van der Waals surface area contributed by atoms with Crippen LogP contribution in [0.5, 0.6) is 0 Å². The van der Waals surface area contributed by atoms with E-state index < -0.39 is 0 Å². The van der Waals surface area contributed by atoms with Gasteiger partial charge >= 0.3 is 0 Å². The van der Waals surface area contributed by atoms with Crippen LogP contribution < -0.4 is 5.32 Å². The Morgan fingerprint density at radius 2 is 1.95 bits per heavy atom. The largest absolute Gasteiger partial charge is 0.322 e. The Labute approximate surface area is 125 Å². The molecule has 98 valence electrons. The summed E-state index contributed by atoms with van der Waals surface area (Å²) in [7, 11) is 0. The molecule has 0 atom stereocenters. The first kappa shape index (κ1) is 14.1. The summed E-state index contributed by atoms with van der Waals surface area (Å²) in [5.74, 6) is -0.135. The number of amides is 1. The van der Waals surface area contributed by atoms with Gasteiger partial charge in [0.25, 0.3) is 5.91 Å². The van der Waals surface area contributed by atoms with Crippen LogP contribution in [0, 0.1) is 13.8 Å². The first-order chi connectivity index (χ1) is 8.99. The van der Waals surface area contributed by atoms with Crippen molar-refractivity contribution < 1.29 is 4.79 Å². The average molecular weight is 339 g/mol. The molecule has 2 aromatic carbocycles. The second kappa shape index (κ2) is 5.76. The molecule has 2 rings (SSSR count). The van der Waals surface area contributed by atoms with Crippen molar-refractivity contribution in [1.29, 1.82) is 0 Å². The number of carbonyl (C=O) groups is 1. The molecule has 0 saturated carbocycles. The minimum atomic E-state index is -0.135. The number of hydrogen-bond donors (Lipinski definition) is 1. The van der Waals surface area contributed by atoms with Crippen molar-refractivity contribution in [2.75, 3.05) is 5.32 Å². The van der Waals surface area contributed by atoms with Crippen molar-refractivity contribution in [1.82, 2.24) is 0 Å². The summed E-state index contributed by atoms with van der Waals surface area (Å²) in [4.78, 5) is 12.3. The highest BCUT2D eigenvalue weighted by Crippen LogP contribution is 2.23. The Morgan fingerprint density at radius 1 is 1.21 bits per heavy atom. The number of rotatable bonds is 2. The maximum atomic E-state index is 12.3. The molecule has 0 aliphatic heterocycles. The lowest BCUT2D eigenvalue weighted by atomic mass is 10.1. The minimum Gasteiger partial charge on any atom is -0.322 e. The minimum absolute atomic E-state index is 0.135. The summed E-state index contributed by atoms with van der Waals surface area (Å²) in [6, 6.07) is 11.0. The second-order valence-electron chi connectivity index (χ2n) is 4.33. The quantitative estimate of drug-likeness (QED) is 0.823. The fourth-order valence-corrected chi connectivity index (χ4v) is 2.31. The zero-order valence-electron chi connectivity index (χ0n) is 10.6. The van der Waals surface area contributed by atoms with Crippen molar-refractivity contribution in [2.45, 2.75) is 13.8 Å². The Morgan fingerprint density at radius 3 is 2.68 bits per heavy atom. The molecule has 0 unspecified atom stereocenters. The average Bonchev–Trinajstić information content (AvgIpc) is 2.37. The number of carbonyl (C=O) groups excluding carboxylic acids is 1. The molecule has 1 N–H and O–H groups in total. The van der Waals surface area contributed by atoms with E-state index in [2.05, 4.69) is 21.2 Å². The van der Waals surface area contributed by atoms with Crippen LogP contribution in [-0.4, -0.2) is 5.91 Å². The van der Waals surface area contributed by atoms with E-state index in [-0.39, 0.29) is 5.91 Å². The third-order valence-corrected chi connectivity index (χ3v) is 4.05. The van der Waals surface area contributed by atoms with Gasteiger partial charge in [-0.05, 0) is 49.2 Å². The van der Waals surface area contributed by atoms with Gasteiger partial charge in [-0.15, -0.1) is 0 Å². The third-order valence-electron chi connectivity index (χ3n) is 2.96. The van der Waals surface area contributed by atoms with Crippen LogP contribution in [-0.2, 0) is 0 Å². The Bertz CT molecular complexity index is 640. The van der Waals surface area contributed by atoms with Gasteiger partial charge in [-0.25, -0.2) is 0 Å². The number of benzene rings is 2. The van der Waals surface area contributed by atoms with Crippen LogP contribution in [0.15, 0.2) is 40.9 Å². The molecule has 0 aliphatic carbocycles. The first-order valence-corrected chi connectivity index (χ1v) is 6.99. The highest BCUT2D eigenvalue weighted by atomic mass is 79.9. The van der Waals surface area contributed by atoms with Gasteiger partial charge in [-0.3, -0.25) is 4.79 Å². The van der Waals surface area contributed by atoms with Crippen molar-refractivity contribution in [3.05, 3.63) is 62.6 Å². The number of aryl methyl sites for hydroxylation is 1. The highest BCUT2D eigenvalue weighted by molar-refractivity contribution is 9.10. The van der Waals surface area contributed by atoms with Gasteiger partial charge in [0.15, 0.2) is 0 Å².